The third kappa shape index (κ3) is 2.78. The van der Waals surface area contributed by atoms with Gasteiger partial charge in [0.1, 0.15) is 5.75 Å². The summed E-state index contributed by atoms with van der Waals surface area (Å²) in [5.41, 5.74) is 6.31. The predicted molar refractivity (Wildman–Crippen MR) is 70.3 cm³/mol. The number of hydrogen-bond acceptors (Lipinski definition) is 4. The topological polar surface area (TPSA) is 88.1 Å². The highest BCUT2D eigenvalue weighted by Crippen LogP contribution is 2.34. The summed E-state index contributed by atoms with van der Waals surface area (Å²) in [7, 11) is 1.64. The van der Waals surface area contributed by atoms with Gasteiger partial charge in [0.2, 0.25) is 5.91 Å². The van der Waals surface area contributed by atoms with Gasteiger partial charge in [-0.3, -0.25) is 4.79 Å². The van der Waals surface area contributed by atoms with E-state index in [1.54, 1.807) is 7.05 Å². The highest BCUT2D eigenvalue weighted by molar-refractivity contribution is 5.90. The number of nitrogens with two attached hydrogens (primary N) is 1. The van der Waals surface area contributed by atoms with Gasteiger partial charge >= 0.3 is 0 Å². The van der Waals surface area contributed by atoms with Crippen LogP contribution in [0.5, 0.6) is 5.75 Å². The third-order valence-corrected chi connectivity index (χ3v) is 3.16. The number of carbonyl (C=O) groups excluding carboxylic acids is 1. The molecule has 3 N–H and O–H groups in total. The van der Waals surface area contributed by atoms with Crippen LogP contribution in [0.3, 0.4) is 0 Å². The fourth-order valence-electron chi connectivity index (χ4n) is 2.22. The van der Waals surface area contributed by atoms with Gasteiger partial charge in [0, 0.05) is 12.6 Å². The van der Waals surface area contributed by atoms with Crippen molar-refractivity contribution in [2.75, 3.05) is 20.2 Å². The number of ether oxygens (including phenoxy) is 1. The second-order valence-corrected chi connectivity index (χ2v) is 4.51. The largest absolute Gasteiger partial charge is 0.493 e. The van der Waals surface area contributed by atoms with Crippen molar-refractivity contribution >= 4 is 11.7 Å². The fourth-order valence-corrected chi connectivity index (χ4v) is 2.22. The van der Waals surface area contributed by atoms with E-state index in [1.807, 2.05) is 24.3 Å². The minimum atomic E-state index is -0.235. The molecule has 1 amide bonds. The highest BCUT2D eigenvalue weighted by atomic mass is 16.5. The number of carbonyl (C=O) groups is 1. The van der Waals surface area contributed by atoms with Crippen LogP contribution in [0.1, 0.15) is 17.9 Å². The molecule has 1 aromatic carbocycles. The summed E-state index contributed by atoms with van der Waals surface area (Å²) in [6.07, 6.45) is 0.635. The Hall–Kier alpha value is -2.24. The van der Waals surface area contributed by atoms with E-state index in [0.717, 1.165) is 11.3 Å². The van der Waals surface area contributed by atoms with Crippen LogP contribution < -0.4 is 10.5 Å². The lowest BCUT2D eigenvalue weighted by Gasteiger charge is -2.28. The van der Waals surface area contributed by atoms with Gasteiger partial charge in [-0.05, 0) is 12.5 Å². The zero-order valence-electron chi connectivity index (χ0n) is 10.7. The summed E-state index contributed by atoms with van der Waals surface area (Å²) < 4.78 is 5.53. The zero-order valence-corrected chi connectivity index (χ0v) is 10.7. The first-order valence-electron chi connectivity index (χ1n) is 6.06. The standard InChI is InChI=1S/C13H17N3O3/c1-16(8-12(14)15-18)13(17)10-6-7-19-11-5-3-2-4-9(10)11/h2-5,10,18H,6-8H2,1H3,(H2,14,15). The Morgan fingerprint density at radius 3 is 3.05 bits per heavy atom. The fraction of sp³-hybridized carbons (Fsp3) is 0.385. The second kappa shape index (κ2) is 5.60. The molecule has 6 nitrogen and oxygen atoms in total. The van der Waals surface area contributed by atoms with Gasteiger partial charge in [-0.2, -0.15) is 0 Å². The average molecular weight is 263 g/mol. The van der Waals surface area contributed by atoms with E-state index in [0.29, 0.717) is 13.0 Å². The molecule has 1 aliphatic heterocycles. The molecule has 1 atom stereocenters. The summed E-state index contributed by atoms with van der Waals surface area (Å²) in [6, 6.07) is 7.52. The average Bonchev–Trinajstić information content (AvgIpc) is 2.45. The highest BCUT2D eigenvalue weighted by Gasteiger charge is 2.29. The van der Waals surface area contributed by atoms with E-state index >= 15 is 0 Å². The van der Waals surface area contributed by atoms with Crippen LogP contribution in [0.15, 0.2) is 29.4 Å². The number of para-hydroxylation sites is 1. The Bertz CT molecular complexity index is 502. The number of fused-ring (bicyclic) bond motifs is 1. The molecule has 0 bridgehead atoms. The Labute approximate surface area is 111 Å². The van der Waals surface area contributed by atoms with Gasteiger partial charge in [-0.25, -0.2) is 0 Å². The van der Waals surface area contributed by atoms with Crippen LogP contribution in [-0.4, -0.2) is 42.0 Å². The van der Waals surface area contributed by atoms with E-state index < -0.39 is 0 Å². The van der Waals surface area contributed by atoms with Crippen LogP contribution >= 0.6 is 0 Å². The summed E-state index contributed by atoms with van der Waals surface area (Å²) >= 11 is 0. The summed E-state index contributed by atoms with van der Waals surface area (Å²) in [4.78, 5) is 13.9. The molecule has 2 rings (SSSR count). The first-order valence-corrected chi connectivity index (χ1v) is 6.06. The van der Waals surface area contributed by atoms with Crippen molar-refractivity contribution in [3.05, 3.63) is 29.8 Å². The minimum absolute atomic E-state index is 0.0104. The number of amidine groups is 1. The lowest BCUT2D eigenvalue weighted by Crippen LogP contribution is -2.39. The predicted octanol–water partition coefficient (Wildman–Crippen LogP) is 0.757. The lowest BCUT2D eigenvalue weighted by atomic mass is 9.92. The Morgan fingerprint density at radius 1 is 1.58 bits per heavy atom. The molecular weight excluding hydrogens is 246 g/mol. The van der Waals surface area contributed by atoms with Crippen molar-refractivity contribution < 1.29 is 14.7 Å². The second-order valence-electron chi connectivity index (χ2n) is 4.51. The molecule has 6 heteroatoms. The molecule has 0 aliphatic carbocycles. The summed E-state index contributed by atoms with van der Waals surface area (Å²) in [5.74, 6) is 0.476. The molecule has 1 unspecified atom stereocenters. The quantitative estimate of drug-likeness (QED) is 0.365. The van der Waals surface area contributed by atoms with Crippen molar-refractivity contribution in [1.82, 2.24) is 4.90 Å². The molecule has 1 aliphatic rings. The monoisotopic (exact) mass is 263 g/mol. The van der Waals surface area contributed by atoms with Gasteiger partial charge in [0.15, 0.2) is 5.84 Å². The Morgan fingerprint density at radius 2 is 2.32 bits per heavy atom. The van der Waals surface area contributed by atoms with Crippen molar-refractivity contribution in [2.24, 2.45) is 10.9 Å². The molecule has 0 spiro atoms. The molecule has 0 saturated heterocycles. The van der Waals surface area contributed by atoms with Gasteiger partial charge in [0.05, 0.1) is 19.1 Å². The van der Waals surface area contributed by atoms with Crippen molar-refractivity contribution in [3.63, 3.8) is 0 Å². The van der Waals surface area contributed by atoms with E-state index in [1.165, 1.54) is 4.90 Å². The van der Waals surface area contributed by atoms with Crippen molar-refractivity contribution in [2.45, 2.75) is 12.3 Å². The molecule has 1 heterocycles. The van der Waals surface area contributed by atoms with Gasteiger partial charge in [-0.1, -0.05) is 23.4 Å². The van der Waals surface area contributed by atoms with Crippen LogP contribution in [0.2, 0.25) is 0 Å². The lowest BCUT2D eigenvalue weighted by molar-refractivity contribution is -0.131. The molecule has 0 fully saturated rings. The molecule has 0 radical (unpaired) electrons. The summed E-state index contributed by atoms with van der Waals surface area (Å²) in [5, 5.41) is 11.4. The smallest absolute Gasteiger partial charge is 0.230 e. The number of oxime groups is 1. The maximum absolute atomic E-state index is 12.4. The normalized spacial score (nSPS) is 18.4. The Kier molecular flexibility index (Phi) is 3.89. The number of nitrogens with zero attached hydrogens (tertiary/aromatic N) is 2. The molecule has 0 aromatic heterocycles. The van der Waals surface area contributed by atoms with E-state index in [4.69, 9.17) is 15.7 Å². The maximum atomic E-state index is 12.4. The number of hydrogen-bond donors (Lipinski definition) is 2. The zero-order chi connectivity index (χ0) is 13.8. The number of rotatable bonds is 3. The summed E-state index contributed by atoms with van der Waals surface area (Å²) in [6.45, 7) is 0.625. The van der Waals surface area contributed by atoms with Gasteiger partial charge < -0.3 is 20.6 Å². The van der Waals surface area contributed by atoms with Crippen LogP contribution in [-0.2, 0) is 4.79 Å². The maximum Gasteiger partial charge on any atom is 0.230 e. The Balaban J connectivity index is 2.17. The van der Waals surface area contributed by atoms with Crippen LogP contribution in [0.25, 0.3) is 0 Å². The van der Waals surface area contributed by atoms with Gasteiger partial charge in [-0.15, -0.1) is 0 Å². The molecule has 0 saturated carbocycles. The number of likely N-dealkylation sites (N-methyl/N-ethyl adjacent to an activating group) is 1. The molecule has 1 aromatic rings. The van der Waals surface area contributed by atoms with Crippen LogP contribution in [0, 0.1) is 0 Å². The third-order valence-electron chi connectivity index (χ3n) is 3.16. The van der Waals surface area contributed by atoms with Gasteiger partial charge in [0.25, 0.3) is 0 Å². The molecule has 19 heavy (non-hydrogen) atoms. The van der Waals surface area contributed by atoms with Crippen LogP contribution in [0.4, 0.5) is 0 Å². The number of benzene rings is 1. The minimum Gasteiger partial charge on any atom is -0.493 e. The van der Waals surface area contributed by atoms with Crippen molar-refractivity contribution in [3.8, 4) is 5.75 Å². The number of amides is 1. The molecule has 102 valence electrons. The van der Waals surface area contributed by atoms with Crippen molar-refractivity contribution in [1.29, 1.82) is 0 Å². The first kappa shape index (κ1) is 13.2. The van der Waals surface area contributed by atoms with E-state index in [-0.39, 0.29) is 24.2 Å². The van der Waals surface area contributed by atoms with E-state index in [9.17, 15) is 4.79 Å². The SMILES string of the molecule is CN(CC(N)=NO)C(=O)C1CCOc2ccccc21. The van der Waals surface area contributed by atoms with E-state index in [2.05, 4.69) is 5.16 Å². The first-order chi connectivity index (χ1) is 9.13. The molecular formula is C13H17N3O3.